The van der Waals surface area contributed by atoms with E-state index in [2.05, 4.69) is 0 Å². The number of nitrogens with one attached hydrogen (secondary N) is 1. The van der Waals surface area contributed by atoms with Crippen LogP contribution in [0.4, 0.5) is 4.79 Å². The predicted molar refractivity (Wildman–Crippen MR) is 60.0 cm³/mol. The Hall–Kier alpha value is -1.26. The topological polar surface area (TPSA) is 79.4 Å². The molecule has 0 aromatic rings. The highest BCUT2D eigenvalue weighted by Crippen LogP contribution is 2.11. The minimum absolute atomic E-state index is 0.0675. The summed E-state index contributed by atoms with van der Waals surface area (Å²) in [4.78, 5) is 13.0. The Balaban J connectivity index is 4.25. The standard InChI is InChI=1S/C10H21N3O2/c1-7(6-8(11)12)13(5)9(14)15-10(2,3)4/h7H,6H2,1-5H3,(H3,11,12). The summed E-state index contributed by atoms with van der Waals surface area (Å²) in [5.41, 5.74) is 4.76. The number of amides is 1. The first-order valence-corrected chi connectivity index (χ1v) is 4.92. The maximum absolute atomic E-state index is 11.6. The highest BCUT2D eigenvalue weighted by atomic mass is 16.6. The molecule has 0 fully saturated rings. The minimum atomic E-state index is -0.499. The number of hydrogen-bond donors (Lipinski definition) is 2. The fraction of sp³-hybridized carbons (Fsp3) is 0.800. The van der Waals surface area contributed by atoms with Gasteiger partial charge in [0, 0.05) is 19.5 Å². The first kappa shape index (κ1) is 13.7. The lowest BCUT2D eigenvalue weighted by molar-refractivity contribution is 0.0241. The lowest BCUT2D eigenvalue weighted by Crippen LogP contribution is -2.40. The summed E-state index contributed by atoms with van der Waals surface area (Å²) in [5.74, 6) is 0.0675. The first-order valence-electron chi connectivity index (χ1n) is 4.92. The van der Waals surface area contributed by atoms with Crippen molar-refractivity contribution in [1.29, 1.82) is 5.41 Å². The van der Waals surface area contributed by atoms with Crippen LogP contribution in [0.5, 0.6) is 0 Å². The summed E-state index contributed by atoms with van der Waals surface area (Å²) in [6.45, 7) is 7.27. The second-order valence-electron chi connectivity index (χ2n) is 4.67. The zero-order valence-corrected chi connectivity index (χ0v) is 10.1. The van der Waals surface area contributed by atoms with Crippen LogP contribution >= 0.6 is 0 Å². The Morgan fingerprint density at radius 2 is 2.00 bits per heavy atom. The normalized spacial score (nSPS) is 13.1. The molecule has 88 valence electrons. The molecule has 0 aliphatic carbocycles. The smallest absolute Gasteiger partial charge is 0.410 e. The molecular formula is C10H21N3O2. The largest absolute Gasteiger partial charge is 0.444 e. The van der Waals surface area contributed by atoms with Gasteiger partial charge in [0.2, 0.25) is 0 Å². The summed E-state index contributed by atoms with van der Waals surface area (Å²) < 4.78 is 5.18. The van der Waals surface area contributed by atoms with E-state index in [1.54, 1.807) is 7.05 Å². The van der Waals surface area contributed by atoms with Crippen molar-refractivity contribution in [3.63, 3.8) is 0 Å². The van der Waals surface area contributed by atoms with E-state index in [9.17, 15) is 4.79 Å². The molecule has 1 atom stereocenters. The van der Waals surface area contributed by atoms with Gasteiger partial charge in [-0.05, 0) is 27.7 Å². The van der Waals surface area contributed by atoms with Gasteiger partial charge in [0.25, 0.3) is 0 Å². The van der Waals surface area contributed by atoms with Crippen LogP contribution < -0.4 is 5.73 Å². The van der Waals surface area contributed by atoms with Crippen molar-refractivity contribution in [3.05, 3.63) is 0 Å². The van der Waals surface area contributed by atoms with E-state index in [1.807, 2.05) is 27.7 Å². The average Bonchev–Trinajstić information content (AvgIpc) is 1.98. The van der Waals surface area contributed by atoms with Gasteiger partial charge in [-0.25, -0.2) is 4.79 Å². The van der Waals surface area contributed by atoms with E-state index < -0.39 is 11.7 Å². The van der Waals surface area contributed by atoms with Gasteiger partial charge in [-0.3, -0.25) is 5.41 Å². The molecule has 5 heteroatoms. The van der Waals surface area contributed by atoms with Gasteiger partial charge in [-0.1, -0.05) is 0 Å². The highest BCUT2D eigenvalue weighted by Gasteiger charge is 2.22. The maximum Gasteiger partial charge on any atom is 0.410 e. The Morgan fingerprint density at radius 3 is 2.33 bits per heavy atom. The molecular weight excluding hydrogens is 194 g/mol. The van der Waals surface area contributed by atoms with Crippen molar-refractivity contribution in [3.8, 4) is 0 Å². The van der Waals surface area contributed by atoms with Crippen LogP contribution in [0.1, 0.15) is 34.1 Å². The minimum Gasteiger partial charge on any atom is -0.444 e. The fourth-order valence-corrected chi connectivity index (χ4v) is 0.969. The summed E-state index contributed by atoms with van der Waals surface area (Å²) in [7, 11) is 1.64. The number of rotatable bonds is 3. The van der Waals surface area contributed by atoms with Crippen molar-refractivity contribution >= 4 is 11.9 Å². The van der Waals surface area contributed by atoms with Crippen LogP contribution in [0.15, 0.2) is 0 Å². The molecule has 5 nitrogen and oxygen atoms in total. The van der Waals surface area contributed by atoms with Crippen LogP contribution in [0.25, 0.3) is 0 Å². The van der Waals surface area contributed by atoms with Crippen molar-refractivity contribution in [1.82, 2.24) is 4.90 Å². The summed E-state index contributed by atoms with van der Waals surface area (Å²) in [6.07, 6.45) is -0.0355. The predicted octanol–water partition coefficient (Wildman–Crippen LogP) is 1.57. The molecule has 0 bridgehead atoms. The third-order valence-electron chi connectivity index (χ3n) is 1.86. The number of carbonyl (C=O) groups excluding carboxylic acids is 1. The van der Waals surface area contributed by atoms with Gasteiger partial charge in [-0.15, -0.1) is 0 Å². The van der Waals surface area contributed by atoms with Crippen LogP contribution in [-0.2, 0) is 4.74 Å². The lowest BCUT2D eigenvalue weighted by atomic mass is 10.2. The molecule has 0 aromatic heterocycles. The first-order chi connectivity index (χ1) is 6.63. The molecule has 0 rings (SSSR count). The molecule has 0 saturated carbocycles. The zero-order chi connectivity index (χ0) is 12.2. The summed E-state index contributed by atoms with van der Waals surface area (Å²) >= 11 is 0. The van der Waals surface area contributed by atoms with Crippen LogP contribution in [0, 0.1) is 5.41 Å². The SMILES string of the molecule is CC(CC(=N)N)N(C)C(=O)OC(C)(C)C. The third-order valence-corrected chi connectivity index (χ3v) is 1.86. The number of hydrogen-bond acceptors (Lipinski definition) is 3. The van der Waals surface area contributed by atoms with Crippen LogP contribution in [0.2, 0.25) is 0 Å². The molecule has 0 spiro atoms. The van der Waals surface area contributed by atoms with Gasteiger partial charge < -0.3 is 15.4 Å². The molecule has 0 aromatic carbocycles. The summed E-state index contributed by atoms with van der Waals surface area (Å²) in [5, 5.41) is 7.14. The Kier molecular flexibility index (Phi) is 4.58. The molecule has 0 heterocycles. The number of amidine groups is 1. The van der Waals surface area contributed by atoms with Gasteiger partial charge in [-0.2, -0.15) is 0 Å². The number of ether oxygens (including phenoxy) is 1. The van der Waals surface area contributed by atoms with Crippen molar-refractivity contribution in [2.24, 2.45) is 5.73 Å². The van der Waals surface area contributed by atoms with E-state index in [-0.39, 0.29) is 11.9 Å². The van der Waals surface area contributed by atoms with Crippen molar-refractivity contribution < 1.29 is 9.53 Å². The fourth-order valence-electron chi connectivity index (χ4n) is 0.969. The maximum atomic E-state index is 11.6. The second kappa shape index (κ2) is 5.00. The molecule has 0 aliphatic rings. The average molecular weight is 215 g/mol. The van der Waals surface area contributed by atoms with E-state index in [1.165, 1.54) is 4.90 Å². The molecule has 0 radical (unpaired) electrons. The van der Waals surface area contributed by atoms with Crippen LogP contribution in [-0.4, -0.2) is 35.5 Å². The molecule has 1 unspecified atom stereocenters. The Morgan fingerprint density at radius 1 is 1.53 bits per heavy atom. The molecule has 1 amide bonds. The van der Waals surface area contributed by atoms with Crippen molar-refractivity contribution in [2.45, 2.75) is 45.8 Å². The van der Waals surface area contributed by atoms with Gasteiger partial charge in [0.05, 0.1) is 5.84 Å². The zero-order valence-electron chi connectivity index (χ0n) is 10.1. The van der Waals surface area contributed by atoms with E-state index in [0.29, 0.717) is 6.42 Å². The molecule has 0 aliphatic heterocycles. The summed E-state index contributed by atoms with van der Waals surface area (Å²) in [6, 6.07) is -0.127. The monoisotopic (exact) mass is 215 g/mol. The molecule has 3 N–H and O–H groups in total. The van der Waals surface area contributed by atoms with Gasteiger partial charge in [0.15, 0.2) is 0 Å². The number of carbonyl (C=O) groups is 1. The van der Waals surface area contributed by atoms with E-state index in [0.717, 1.165) is 0 Å². The van der Waals surface area contributed by atoms with Gasteiger partial charge >= 0.3 is 6.09 Å². The Bertz CT molecular complexity index is 246. The van der Waals surface area contributed by atoms with Crippen LogP contribution in [0.3, 0.4) is 0 Å². The van der Waals surface area contributed by atoms with Gasteiger partial charge in [0.1, 0.15) is 5.60 Å². The Labute approximate surface area is 91.1 Å². The second-order valence-corrected chi connectivity index (χ2v) is 4.67. The molecule has 0 saturated heterocycles. The highest BCUT2D eigenvalue weighted by molar-refractivity contribution is 5.78. The lowest BCUT2D eigenvalue weighted by Gasteiger charge is -2.28. The number of nitrogens with two attached hydrogens (primary N) is 1. The third kappa shape index (κ3) is 5.93. The van der Waals surface area contributed by atoms with Crippen molar-refractivity contribution in [2.75, 3.05) is 7.05 Å². The quantitative estimate of drug-likeness (QED) is 0.554. The molecule has 15 heavy (non-hydrogen) atoms. The van der Waals surface area contributed by atoms with E-state index in [4.69, 9.17) is 15.9 Å². The van der Waals surface area contributed by atoms with E-state index >= 15 is 0 Å². The number of nitrogens with zero attached hydrogens (tertiary/aromatic N) is 1.